The number of aryl methyl sites for hydroxylation is 1. The maximum atomic E-state index is 13.7. The van der Waals surface area contributed by atoms with Crippen molar-refractivity contribution in [3.8, 4) is 0 Å². The Morgan fingerprint density at radius 1 is 0.886 bits per heavy atom. The molecule has 2 amide bonds. The molecular formula is C27H31N3O4S. The predicted octanol–water partition coefficient (Wildman–Crippen LogP) is 3.74. The van der Waals surface area contributed by atoms with Crippen molar-refractivity contribution in [1.29, 1.82) is 0 Å². The third-order valence-corrected chi connectivity index (χ3v) is 7.55. The molecule has 0 spiro atoms. The fourth-order valence-electron chi connectivity index (χ4n) is 3.83. The van der Waals surface area contributed by atoms with Crippen LogP contribution in [0.4, 0.5) is 5.69 Å². The third-order valence-electron chi connectivity index (χ3n) is 5.76. The maximum absolute atomic E-state index is 13.7. The molecular weight excluding hydrogens is 462 g/mol. The SMILES string of the molecule is CC[C@H](C(=O)NC)N(Cc1ccccc1)C(=O)CN(c1ccc(C)cc1)S(=O)(=O)c1ccccc1. The molecule has 3 aromatic carbocycles. The Labute approximate surface area is 207 Å². The van der Waals surface area contributed by atoms with Crippen LogP contribution in [0.15, 0.2) is 89.8 Å². The average Bonchev–Trinajstić information content (AvgIpc) is 2.88. The van der Waals surface area contributed by atoms with Gasteiger partial charge in [0.2, 0.25) is 11.8 Å². The highest BCUT2D eigenvalue weighted by atomic mass is 32.2. The van der Waals surface area contributed by atoms with Crippen molar-refractivity contribution in [1.82, 2.24) is 10.2 Å². The van der Waals surface area contributed by atoms with Gasteiger partial charge in [0.1, 0.15) is 12.6 Å². The molecule has 1 atom stereocenters. The minimum absolute atomic E-state index is 0.0846. The van der Waals surface area contributed by atoms with Crippen LogP contribution >= 0.6 is 0 Å². The molecule has 35 heavy (non-hydrogen) atoms. The summed E-state index contributed by atoms with van der Waals surface area (Å²) in [5, 5.41) is 2.62. The summed E-state index contributed by atoms with van der Waals surface area (Å²) < 4.78 is 28.4. The van der Waals surface area contributed by atoms with E-state index in [9.17, 15) is 18.0 Å². The molecule has 0 saturated heterocycles. The number of hydrogen-bond acceptors (Lipinski definition) is 4. The van der Waals surface area contributed by atoms with Crippen LogP contribution < -0.4 is 9.62 Å². The zero-order valence-corrected chi connectivity index (χ0v) is 21.0. The first-order chi connectivity index (χ1) is 16.8. The Bertz CT molecular complexity index is 1230. The van der Waals surface area contributed by atoms with Gasteiger partial charge in [-0.25, -0.2) is 8.42 Å². The molecule has 0 unspecified atom stereocenters. The van der Waals surface area contributed by atoms with E-state index in [1.807, 2.05) is 44.2 Å². The van der Waals surface area contributed by atoms with Gasteiger partial charge >= 0.3 is 0 Å². The number of amides is 2. The second kappa shape index (κ2) is 11.7. The number of anilines is 1. The molecule has 0 radical (unpaired) electrons. The molecule has 0 aliphatic rings. The number of likely N-dealkylation sites (N-methyl/N-ethyl adjacent to an activating group) is 1. The Hall–Kier alpha value is -3.65. The Balaban J connectivity index is 2.03. The highest BCUT2D eigenvalue weighted by Crippen LogP contribution is 2.25. The Morgan fingerprint density at radius 2 is 1.46 bits per heavy atom. The Kier molecular flexibility index (Phi) is 8.65. The molecule has 0 saturated carbocycles. The van der Waals surface area contributed by atoms with E-state index < -0.39 is 28.5 Å². The first kappa shape index (κ1) is 26.0. The van der Waals surface area contributed by atoms with Crippen molar-refractivity contribution < 1.29 is 18.0 Å². The highest BCUT2D eigenvalue weighted by molar-refractivity contribution is 7.92. The van der Waals surface area contributed by atoms with E-state index in [2.05, 4.69) is 5.32 Å². The van der Waals surface area contributed by atoms with Crippen LogP contribution in [0.1, 0.15) is 24.5 Å². The van der Waals surface area contributed by atoms with E-state index in [-0.39, 0.29) is 17.3 Å². The smallest absolute Gasteiger partial charge is 0.264 e. The molecule has 0 aliphatic heterocycles. The predicted molar refractivity (Wildman–Crippen MR) is 137 cm³/mol. The second-order valence-electron chi connectivity index (χ2n) is 8.21. The summed E-state index contributed by atoms with van der Waals surface area (Å²) in [4.78, 5) is 27.9. The van der Waals surface area contributed by atoms with Crippen LogP contribution in [0.25, 0.3) is 0 Å². The van der Waals surface area contributed by atoms with Crippen LogP contribution in [0.2, 0.25) is 0 Å². The summed E-state index contributed by atoms with van der Waals surface area (Å²) in [6, 6.07) is 23.6. The maximum Gasteiger partial charge on any atom is 0.264 e. The van der Waals surface area contributed by atoms with Crippen molar-refractivity contribution in [2.75, 3.05) is 17.9 Å². The number of nitrogens with zero attached hydrogens (tertiary/aromatic N) is 2. The molecule has 3 aromatic rings. The molecule has 1 N–H and O–H groups in total. The van der Waals surface area contributed by atoms with Gasteiger partial charge in [0, 0.05) is 13.6 Å². The Morgan fingerprint density at radius 3 is 2.00 bits per heavy atom. The fraction of sp³-hybridized carbons (Fsp3) is 0.259. The first-order valence-corrected chi connectivity index (χ1v) is 12.9. The number of nitrogens with one attached hydrogen (secondary N) is 1. The van der Waals surface area contributed by atoms with E-state index in [0.717, 1.165) is 15.4 Å². The first-order valence-electron chi connectivity index (χ1n) is 11.5. The van der Waals surface area contributed by atoms with Gasteiger partial charge in [-0.05, 0) is 43.2 Å². The molecule has 0 aliphatic carbocycles. The van der Waals surface area contributed by atoms with E-state index >= 15 is 0 Å². The fourth-order valence-corrected chi connectivity index (χ4v) is 5.26. The summed E-state index contributed by atoms with van der Waals surface area (Å²) in [5.74, 6) is -0.769. The van der Waals surface area contributed by atoms with Gasteiger partial charge in [-0.15, -0.1) is 0 Å². The normalized spacial score (nSPS) is 12.0. The number of benzene rings is 3. The molecule has 3 rings (SSSR count). The lowest BCUT2D eigenvalue weighted by Gasteiger charge is -2.33. The van der Waals surface area contributed by atoms with E-state index in [1.54, 1.807) is 42.5 Å². The van der Waals surface area contributed by atoms with Crippen LogP contribution in [0.5, 0.6) is 0 Å². The molecule has 0 fully saturated rings. The van der Waals surface area contributed by atoms with Crippen molar-refractivity contribution in [3.63, 3.8) is 0 Å². The molecule has 7 nitrogen and oxygen atoms in total. The highest BCUT2D eigenvalue weighted by Gasteiger charge is 2.33. The minimum Gasteiger partial charge on any atom is -0.357 e. The monoisotopic (exact) mass is 493 g/mol. The lowest BCUT2D eigenvalue weighted by atomic mass is 10.1. The van der Waals surface area contributed by atoms with Gasteiger partial charge in [-0.3, -0.25) is 13.9 Å². The molecule has 184 valence electrons. The number of hydrogen-bond donors (Lipinski definition) is 1. The van der Waals surface area contributed by atoms with Gasteiger partial charge in [0.15, 0.2) is 0 Å². The summed E-state index contributed by atoms with van der Waals surface area (Å²) >= 11 is 0. The zero-order valence-electron chi connectivity index (χ0n) is 20.2. The topological polar surface area (TPSA) is 86.8 Å². The summed E-state index contributed by atoms with van der Waals surface area (Å²) in [5.41, 5.74) is 2.19. The van der Waals surface area contributed by atoms with Crippen molar-refractivity contribution in [2.24, 2.45) is 0 Å². The number of rotatable bonds is 10. The van der Waals surface area contributed by atoms with Crippen LogP contribution in [-0.2, 0) is 26.2 Å². The van der Waals surface area contributed by atoms with Crippen molar-refractivity contribution in [2.45, 2.75) is 37.8 Å². The number of sulfonamides is 1. The van der Waals surface area contributed by atoms with Gasteiger partial charge in [0.05, 0.1) is 10.6 Å². The average molecular weight is 494 g/mol. The van der Waals surface area contributed by atoms with E-state index in [0.29, 0.717) is 12.1 Å². The standard InChI is InChI=1S/C27H31N3O4S/c1-4-25(27(32)28-3)29(19-22-11-7-5-8-12-22)26(31)20-30(23-17-15-21(2)16-18-23)35(33,34)24-13-9-6-10-14-24/h5-18,25H,4,19-20H2,1-3H3,(H,28,32)/t25-/m1/s1. The molecule has 0 bridgehead atoms. The van der Waals surface area contributed by atoms with Crippen LogP contribution in [0.3, 0.4) is 0 Å². The lowest BCUT2D eigenvalue weighted by Crippen LogP contribution is -2.51. The third kappa shape index (κ3) is 6.27. The van der Waals surface area contributed by atoms with Gasteiger partial charge in [-0.2, -0.15) is 0 Å². The number of carbonyl (C=O) groups excluding carboxylic acids is 2. The zero-order chi connectivity index (χ0) is 25.4. The van der Waals surface area contributed by atoms with Crippen molar-refractivity contribution >= 4 is 27.5 Å². The minimum atomic E-state index is -4.04. The van der Waals surface area contributed by atoms with Gasteiger partial charge in [0.25, 0.3) is 10.0 Å². The van der Waals surface area contributed by atoms with Crippen LogP contribution in [-0.4, -0.2) is 44.8 Å². The largest absolute Gasteiger partial charge is 0.357 e. The lowest BCUT2D eigenvalue weighted by molar-refractivity contribution is -0.140. The van der Waals surface area contributed by atoms with E-state index in [4.69, 9.17) is 0 Å². The molecule has 0 heterocycles. The van der Waals surface area contributed by atoms with Gasteiger partial charge < -0.3 is 10.2 Å². The number of carbonyl (C=O) groups is 2. The molecule has 0 aromatic heterocycles. The summed E-state index contributed by atoms with van der Waals surface area (Å²) in [6.07, 6.45) is 0.383. The quantitative estimate of drug-likeness (QED) is 0.466. The van der Waals surface area contributed by atoms with Crippen molar-refractivity contribution in [3.05, 3.63) is 96.1 Å². The summed E-state index contributed by atoms with van der Waals surface area (Å²) in [7, 11) is -2.52. The van der Waals surface area contributed by atoms with Gasteiger partial charge in [-0.1, -0.05) is 73.2 Å². The molecule has 8 heteroatoms. The second-order valence-corrected chi connectivity index (χ2v) is 10.1. The van der Waals surface area contributed by atoms with Crippen LogP contribution in [0, 0.1) is 6.92 Å². The summed E-state index contributed by atoms with van der Waals surface area (Å²) in [6.45, 7) is 3.46. The van der Waals surface area contributed by atoms with E-state index in [1.165, 1.54) is 24.1 Å².